The maximum absolute atomic E-state index is 6.19. The fourth-order valence-electron chi connectivity index (χ4n) is 4.01. The predicted molar refractivity (Wildman–Crippen MR) is 88.0 cm³/mol. The fourth-order valence-corrected chi connectivity index (χ4v) is 4.01. The lowest BCUT2D eigenvalue weighted by molar-refractivity contribution is -0.103. The number of anilines is 1. The number of fused-ring (bicyclic) bond motifs is 1. The van der Waals surface area contributed by atoms with E-state index in [9.17, 15) is 0 Å². The predicted octanol–water partition coefficient (Wildman–Crippen LogP) is 3.92. The molecule has 0 amide bonds. The molecule has 1 aliphatic heterocycles. The first-order valence-electron chi connectivity index (χ1n) is 8.45. The summed E-state index contributed by atoms with van der Waals surface area (Å²) >= 11 is 0. The topological polar surface area (TPSA) is 47.0 Å². The van der Waals surface area contributed by atoms with Crippen molar-refractivity contribution >= 4 is 16.7 Å². The highest BCUT2D eigenvalue weighted by Crippen LogP contribution is 2.39. The zero-order chi connectivity index (χ0) is 14.8. The van der Waals surface area contributed by atoms with E-state index in [0.29, 0.717) is 6.04 Å². The van der Waals surface area contributed by atoms with E-state index in [1.807, 2.05) is 18.2 Å². The number of aromatic nitrogens is 2. The smallest absolute Gasteiger partial charge is 0.137 e. The van der Waals surface area contributed by atoms with E-state index in [1.165, 1.54) is 32.1 Å². The zero-order valence-electron chi connectivity index (χ0n) is 12.9. The monoisotopic (exact) mass is 297 g/mol. The third kappa shape index (κ3) is 2.68. The molecule has 1 saturated carbocycles. The van der Waals surface area contributed by atoms with Crippen LogP contribution in [0.2, 0.25) is 0 Å². The normalized spacial score (nSPS) is 24.5. The molecule has 116 valence electrons. The van der Waals surface area contributed by atoms with Gasteiger partial charge in [0.2, 0.25) is 0 Å². The Morgan fingerprint density at radius 1 is 1.09 bits per heavy atom. The molecule has 1 spiro atoms. The summed E-state index contributed by atoms with van der Waals surface area (Å²) in [4.78, 5) is 8.81. The van der Waals surface area contributed by atoms with Crippen molar-refractivity contribution in [3.05, 3.63) is 30.6 Å². The van der Waals surface area contributed by atoms with Gasteiger partial charge in [-0.25, -0.2) is 9.97 Å². The molecule has 1 aliphatic carbocycles. The number of nitrogens with zero attached hydrogens (tertiary/aromatic N) is 2. The Kier molecular flexibility index (Phi) is 3.70. The third-order valence-electron chi connectivity index (χ3n) is 5.14. The molecule has 1 N–H and O–H groups in total. The van der Waals surface area contributed by atoms with Crippen molar-refractivity contribution < 1.29 is 4.74 Å². The summed E-state index contributed by atoms with van der Waals surface area (Å²) in [5.41, 5.74) is 1.12. The molecule has 1 saturated heterocycles. The number of hydrogen-bond donors (Lipinski definition) is 1. The van der Waals surface area contributed by atoms with E-state index in [1.54, 1.807) is 6.33 Å². The van der Waals surface area contributed by atoms with Gasteiger partial charge in [-0.1, -0.05) is 31.4 Å². The largest absolute Gasteiger partial charge is 0.375 e. The van der Waals surface area contributed by atoms with Crippen LogP contribution in [-0.2, 0) is 4.74 Å². The first kappa shape index (κ1) is 13.9. The highest BCUT2D eigenvalue weighted by atomic mass is 16.5. The van der Waals surface area contributed by atoms with Gasteiger partial charge >= 0.3 is 0 Å². The maximum atomic E-state index is 6.19. The number of benzene rings is 1. The van der Waals surface area contributed by atoms with Crippen LogP contribution >= 0.6 is 0 Å². The van der Waals surface area contributed by atoms with Crippen molar-refractivity contribution in [2.45, 2.75) is 56.6 Å². The molecule has 2 fully saturated rings. The summed E-state index contributed by atoms with van der Waals surface area (Å²) in [5.74, 6) is 0.962. The Balaban J connectivity index is 1.54. The maximum Gasteiger partial charge on any atom is 0.137 e. The van der Waals surface area contributed by atoms with Crippen LogP contribution in [0, 0.1) is 0 Å². The van der Waals surface area contributed by atoms with Gasteiger partial charge in [0.25, 0.3) is 0 Å². The summed E-state index contributed by atoms with van der Waals surface area (Å²) in [6.45, 7) is 0.862. The zero-order valence-corrected chi connectivity index (χ0v) is 12.9. The number of nitrogens with one attached hydrogen (secondary N) is 1. The number of rotatable bonds is 2. The fraction of sp³-hybridized carbons (Fsp3) is 0.556. The molecule has 0 radical (unpaired) electrons. The molecule has 1 unspecified atom stereocenters. The quantitative estimate of drug-likeness (QED) is 0.912. The van der Waals surface area contributed by atoms with Crippen LogP contribution in [-0.4, -0.2) is 28.2 Å². The van der Waals surface area contributed by atoms with Gasteiger partial charge in [0.15, 0.2) is 0 Å². The van der Waals surface area contributed by atoms with Crippen molar-refractivity contribution in [2.75, 3.05) is 11.9 Å². The lowest BCUT2D eigenvalue weighted by Crippen LogP contribution is -2.45. The Morgan fingerprint density at radius 2 is 1.95 bits per heavy atom. The van der Waals surface area contributed by atoms with Gasteiger partial charge in [0, 0.05) is 18.0 Å². The molecule has 4 heteroatoms. The Hall–Kier alpha value is -1.68. The Labute approximate surface area is 131 Å². The minimum absolute atomic E-state index is 0.122. The molecule has 2 heterocycles. The van der Waals surface area contributed by atoms with Crippen LogP contribution in [0.15, 0.2) is 30.6 Å². The molecule has 2 aliphatic rings. The van der Waals surface area contributed by atoms with Crippen LogP contribution < -0.4 is 5.32 Å². The van der Waals surface area contributed by atoms with Gasteiger partial charge in [-0.05, 0) is 37.8 Å². The molecular weight excluding hydrogens is 274 g/mol. The lowest BCUT2D eigenvalue weighted by Gasteiger charge is -2.43. The minimum Gasteiger partial charge on any atom is -0.375 e. The molecule has 1 atom stereocenters. The van der Waals surface area contributed by atoms with Crippen LogP contribution in [0.25, 0.3) is 10.9 Å². The lowest BCUT2D eigenvalue weighted by atomic mass is 9.78. The van der Waals surface area contributed by atoms with Gasteiger partial charge in [-0.15, -0.1) is 0 Å². The van der Waals surface area contributed by atoms with Crippen molar-refractivity contribution in [3.8, 4) is 0 Å². The van der Waals surface area contributed by atoms with E-state index in [2.05, 4.69) is 21.4 Å². The second kappa shape index (κ2) is 5.84. The molecule has 1 aromatic carbocycles. The summed E-state index contributed by atoms with van der Waals surface area (Å²) < 4.78 is 6.19. The second-order valence-electron chi connectivity index (χ2n) is 6.67. The minimum atomic E-state index is 0.122. The molecule has 22 heavy (non-hydrogen) atoms. The third-order valence-corrected chi connectivity index (χ3v) is 5.14. The average molecular weight is 297 g/mol. The highest BCUT2D eigenvalue weighted by molar-refractivity contribution is 5.88. The first-order chi connectivity index (χ1) is 10.8. The molecule has 0 bridgehead atoms. The van der Waals surface area contributed by atoms with E-state index in [-0.39, 0.29) is 5.60 Å². The summed E-state index contributed by atoms with van der Waals surface area (Å²) in [6, 6.07) is 8.64. The standard InChI is InChI=1S/C18H23N3O/c1-4-9-18(10-5-1)12-14(8-11-22-18)21-17-15-6-2-3-7-16(15)19-13-20-17/h2-3,6-7,13-14H,1,4-5,8-12H2,(H,19,20,21). The van der Waals surface area contributed by atoms with Crippen molar-refractivity contribution in [3.63, 3.8) is 0 Å². The molecule has 1 aromatic heterocycles. The molecule has 4 rings (SSSR count). The van der Waals surface area contributed by atoms with E-state index in [0.717, 1.165) is 36.2 Å². The second-order valence-corrected chi connectivity index (χ2v) is 6.67. The number of hydrogen-bond acceptors (Lipinski definition) is 4. The van der Waals surface area contributed by atoms with Crippen molar-refractivity contribution in [2.24, 2.45) is 0 Å². The van der Waals surface area contributed by atoms with Gasteiger partial charge in [-0.2, -0.15) is 0 Å². The summed E-state index contributed by atoms with van der Waals surface area (Å²) in [7, 11) is 0. The first-order valence-corrected chi connectivity index (χ1v) is 8.45. The van der Waals surface area contributed by atoms with Gasteiger partial charge in [0.1, 0.15) is 12.1 Å². The molecule has 4 nitrogen and oxygen atoms in total. The van der Waals surface area contributed by atoms with Gasteiger partial charge in [-0.3, -0.25) is 0 Å². The highest BCUT2D eigenvalue weighted by Gasteiger charge is 2.38. The van der Waals surface area contributed by atoms with E-state index in [4.69, 9.17) is 4.74 Å². The molecular formula is C18H23N3O. The van der Waals surface area contributed by atoms with E-state index >= 15 is 0 Å². The number of ether oxygens (including phenoxy) is 1. The Bertz CT molecular complexity index is 641. The van der Waals surface area contributed by atoms with Crippen LogP contribution in [0.3, 0.4) is 0 Å². The van der Waals surface area contributed by atoms with Crippen LogP contribution in [0.4, 0.5) is 5.82 Å². The molecule has 2 aromatic rings. The van der Waals surface area contributed by atoms with Gasteiger partial charge in [0.05, 0.1) is 11.1 Å². The van der Waals surface area contributed by atoms with Gasteiger partial charge < -0.3 is 10.1 Å². The van der Waals surface area contributed by atoms with Crippen LogP contribution in [0.1, 0.15) is 44.9 Å². The van der Waals surface area contributed by atoms with Crippen LogP contribution in [0.5, 0.6) is 0 Å². The summed E-state index contributed by atoms with van der Waals surface area (Å²) in [5, 5.41) is 4.77. The van der Waals surface area contributed by atoms with Crippen molar-refractivity contribution in [1.29, 1.82) is 0 Å². The average Bonchev–Trinajstić information content (AvgIpc) is 2.56. The SMILES string of the molecule is c1ccc2c(NC3CCOC4(CCCCC4)C3)ncnc2c1. The summed E-state index contributed by atoms with van der Waals surface area (Å²) in [6.07, 6.45) is 10.2. The number of para-hydroxylation sites is 1. The Morgan fingerprint density at radius 3 is 2.86 bits per heavy atom. The van der Waals surface area contributed by atoms with Crippen molar-refractivity contribution in [1.82, 2.24) is 9.97 Å². The van der Waals surface area contributed by atoms with E-state index < -0.39 is 0 Å².